The fourth-order valence-electron chi connectivity index (χ4n) is 2.01. The number of anilines is 1. The molecule has 2 amide bonds. The van der Waals surface area contributed by atoms with Crippen LogP contribution in [0.3, 0.4) is 0 Å². The number of benzene rings is 1. The average molecular weight is 280 g/mol. The molecule has 0 unspecified atom stereocenters. The molecule has 0 fully saturated rings. The van der Waals surface area contributed by atoms with E-state index in [9.17, 15) is 14.0 Å². The monoisotopic (exact) mass is 280 g/mol. The molecule has 110 valence electrons. The standard InChI is InChI=1S/C15H21FN2O2/c1-3-5-6-10(4-2)15(20)18-11-7-8-13(16)12(9-11)14(17)19/h7-10H,3-6H2,1-2H3,(H2,17,19)(H,18,20)/t10-/m1/s1. The van der Waals surface area contributed by atoms with Crippen molar-refractivity contribution in [3.8, 4) is 0 Å². The molecule has 0 heterocycles. The Morgan fingerprint density at radius 2 is 2.05 bits per heavy atom. The van der Waals surface area contributed by atoms with Crippen LogP contribution in [0, 0.1) is 11.7 Å². The van der Waals surface area contributed by atoms with E-state index >= 15 is 0 Å². The molecule has 1 atom stereocenters. The average Bonchev–Trinajstić information content (AvgIpc) is 2.41. The zero-order chi connectivity index (χ0) is 15.1. The lowest BCUT2D eigenvalue weighted by Gasteiger charge is -2.15. The summed E-state index contributed by atoms with van der Waals surface area (Å²) in [5.74, 6) is -1.72. The van der Waals surface area contributed by atoms with Gasteiger partial charge in [-0.3, -0.25) is 9.59 Å². The number of halogens is 1. The van der Waals surface area contributed by atoms with Gasteiger partial charge in [0.1, 0.15) is 5.82 Å². The predicted octanol–water partition coefficient (Wildman–Crippen LogP) is 3.08. The lowest BCUT2D eigenvalue weighted by Crippen LogP contribution is -2.23. The molecule has 0 spiro atoms. The summed E-state index contributed by atoms with van der Waals surface area (Å²) in [5, 5.41) is 2.71. The molecule has 20 heavy (non-hydrogen) atoms. The van der Waals surface area contributed by atoms with Crippen LogP contribution < -0.4 is 11.1 Å². The van der Waals surface area contributed by atoms with Gasteiger partial charge in [0, 0.05) is 11.6 Å². The summed E-state index contributed by atoms with van der Waals surface area (Å²) in [5.41, 5.74) is 5.25. The van der Waals surface area contributed by atoms with Crippen molar-refractivity contribution in [1.29, 1.82) is 0 Å². The fourth-order valence-corrected chi connectivity index (χ4v) is 2.01. The maximum Gasteiger partial charge on any atom is 0.251 e. The molecular weight excluding hydrogens is 259 g/mol. The van der Waals surface area contributed by atoms with Gasteiger partial charge in [-0.2, -0.15) is 0 Å². The largest absolute Gasteiger partial charge is 0.366 e. The maximum absolute atomic E-state index is 13.3. The molecule has 0 saturated heterocycles. The summed E-state index contributed by atoms with van der Waals surface area (Å²) >= 11 is 0. The molecule has 0 aliphatic carbocycles. The highest BCUT2D eigenvalue weighted by molar-refractivity contribution is 5.97. The SMILES string of the molecule is CCCC[C@@H](CC)C(=O)Nc1ccc(F)c(C(N)=O)c1. The topological polar surface area (TPSA) is 72.2 Å². The van der Waals surface area contributed by atoms with Crippen molar-refractivity contribution in [2.45, 2.75) is 39.5 Å². The molecule has 3 N–H and O–H groups in total. The Balaban J connectivity index is 2.79. The maximum atomic E-state index is 13.3. The smallest absolute Gasteiger partial charge is 0.251 e. The van der Waals surface area contributed by atoms with Crippen LogP contribution in [0.2, 0.25) is 0 Å². The Hall–Kier alpha value is -1.91. The quantitative estimate of drug-likeness (QED) is 0.805. The highest BCUT2D eigenvalue weighted by Gasteiger charge is 2.17. The van der Waals surface area contributed by atoms with Crippen molar-refractivity contribution in [3.63, 3.8) is 0 Å². The lowest BCUT2D eigenvalue weighted by molar-refractivity contribution is -0.120. The third-order valence-corrected chi connectivity index (χ3v) is 3.27. The van der Waals surface area contributed by atoms with Crippen LogP contribution in [-0.2, 0) is 4.79 Å². The number of hydrogen-bond donors (Lipinski definition) is 2. The molecule has 0 aromatic heterocycles. The van der Waals surface area contributed by atoms with Crippen molar-refractivity contribution in [2.24, 2.45) is 11.7 Å². The van der Waals surface area contributed by atoms with Gasteiger partial charge in [-0.05, 0) is 31.0 Å². The van der Waals surface area contributed by atoms with E-state index in [0.717, 1.165) is 31.7 Å². The molecule has 5 heteroatoms. The number of primary amides is 1. The zero-order valence-electron chi connectivity index (χ0n) is 11.9. The molecular formula is C15H21FN2O2. The van der Waals surface area contributed by atoms with Gasteiger partial charge in [0.25, 0.3) is 5.91 Å². The normalized spacial score (nSPS) is 11.9. The predicted molar refractivity (Wildman–Crippen MR) is 76.9 cm³/mol. The Bertz CT molecular complexity index is 489. The second kappa shape index (κ2) is 7.62. The van der Waals surface area contributed by atoms with E-state index in [1.807, 2.05) is 6.92 Å². The molecule has 1 aromatic carbocycles. The van der Waals surface area contributed by atoms with Crippen LogP contribution in [0.25, 0.3) is 0 Å². The van der Waals surface area contributed by atoms with Gasteiger partial charge >= 0.3 is 0 Å². The van der Waals surface area contributed by atoms with Gasteiger partial charge < -0.3 is 11.1 Å². The minimum atomic E-state index is -0.850. The number of nitrogens with two attached hydrogens (primary N) is 1. The highest BCUT2D eigenvalue weighted by atomic mass is 19.1. The van der Waals surface area contributed by atoms with Crippen molar-refractivity contribution in [3.05, 3.63) is 29.6 Å². The van der Waals surface area contributed by atoms with Crippen LogP contribution in [-0.4, -0.2) is 11.8 Å². The molecule has 0 aliphatic rings. The Labute approximate surface area is 118 Å². The van der Waals surface area contributed by atoms with Crippen LogP contribution in [0.4, 0.5) is 10.1 Å². The van der Waals surface area contributed by atoms with Crippen LogP contribution >= 0.6 is 0 Å². The third kappa shape index (κ3) is 4.33. The Morgan fingerprint density at radius 1 is 1.35 bits per heavy atom. The van der Waals surface area contributed by atoms with Crippen LogP contribution in [0.5, 0.6) is 0 Å². The van der Waals surface area contributed by atoms with Crippen molar-refractivity contribution in [2.75, 3.05) is 5.32 Å². The van der Waals surface area contributed by atoms with E-state index < -0.39 is 11.7 Å². The summed E-state index contributed by atoms with van der Waals surface area (Å²) in [4.78, 5) is 23.2. The molecule has 0 saturated carbocycles. The minimum absolute atomic E-state index is 0.0722. The van der Waals surface area contributed by atoms with E-state index in [-0.39, 0.29) is 17.4 Å². The molecule has 0 bridgehead atoms. The summed E-state index contributed by atoms with van der Waals surface area (Å²) in [6.07, 6.45) is 3.59. The zero-order valence-corrected chi connectivity index (χ0v) is 11.9. The van der Waals surface area contributed by atoms with Gasteiger partial charge in [-0.25, -0.2) is 4.39 Å². The minimum Gasteiger partial charge on any atom is -0.366 e. The van der Waals surface area contributed by atoms with Gasteiger partial charge in [0.2, 0.25) is 5.91 Å². The number of carbonyl (C=O) groups is 2. The second-order valence-corrected chi connectivity index (χ2v) is 4.80. The Morgan fingerprint density at radius 3 is 2.60 bits per heavy atom. The highest BCUT2D eigenvalue weighted by Crippen LogP contribution is 2.18. The molecule has 0 radical (unpaired) electrons. The summed E-state index contributed by atoms with van der Waals surface area (Å²) in [7, 11) is 0. The van der Waals surface area contributed by atoms with E-state index in [0.29, 0.717) is 5.69 Å². The molecule has 1 aromatic rings. The first-order valence-electron chi connectivity index (χ1n) is 6.89. The van der Waals surface area contributed by atoms with Gasteiger partial charge in [-0.1, -0.05) is 26.7 Å². The van der Waals surface area contributed by atoms with E-state index in [4.69, 9.17) is 5.73 Å². The second-order valence-electron chi connectivity index (χ2n) is 4.80. The number of amides is 2. The van der Waals surface area contributed by atoms with Crippen molar-refractivity contribution in [1.82, 2.24) is 0 Å². The first-order chi connectivity index (χ1) is 9.49. The Kier molecular flexibility index (Phi) is 6.15. The van der Waals surface area contributed by atoms with Crippen molar-refractivity contribution >= 4 is 17.5 Å². The summed E-state index contributed by atoms with van der Waals surface area (Å²) in [6.45, 7) is 4.03. The number of nitrogens with one attached hydrogen (secondary N) is 1. The molecule has 1 rings (SSSR count). The number of carbonyl (C=O) groups excluding carboxylic acids is 2. The first kappa shape index (κ1) is 16.1. The van der Waals surface area contributed by atoms with Crippen LogP contribution in [0.1, 0.15) is 49.9 Å². The third-order valence-electron chi connectivity index (χ3n) is 3.27. The number of hydrogen-bond acceptors (Lipinski definition) is 2. The lowest BCUT2D eigenvalue weighted by atomic mass is 9.98. The molecule has 4 nitrogen and oxygen atoms in total. The fraction of sp³-hybridized carbons (Fsp3) is 0.467. The van der Waals surface area contributed by atoms with Crippen LogP contribution in [0.15, 0.2) is 18.2 Å². The van der Waals surface area contributed by atoms with E-state index in [1.54, 1.807) is 0 Å². The van der Waals surface area contributed by atoms with E-state index in [1.165, 1.54) is 12.1 Å². The number of unbranched alkanes of at least 4 members (excludes halogenated alkanes) is 1. The number of rotatable bonds is 7. The molecule has 0 aliphatic heterocycles. The van der Waals surface area contributed by atoms with Gasteiger partial charge in [0.15, 0.2) is 0 Å². The summed E-state index contributed by atoms with van der Waals surface area (Å²) < 4.78 is 13.3. The summed E-state index contributed by atoms with van der Waals surface area (Å²) in [6, 6.07) is 3.82. The van der Waals surface area contributed by atoms with Gasteiger partial charge in [-0.15, -0.1) is 0 Å². The van der Waals surface area contributed by atoms with E-state index in [2.05, 4.69) is 12.2 Å². The first-order valence-corrected chi connectivity index (χ1v) is 6.89. The van der Waals surface area contributed by atoms with Gasteiger partial charge in [0.05, 0.1) is 5.56 Å². The van der Waals surface area contributed by atoms with Crippen molar-refractivity contribution < 1.29 is 14.0 Å².